The van der Waals surface area contributed by atoms with Crippen LogP contribution in [0.4, 0.5) is 0 Å². The molecule has 0 unspecified atom stereocenters. The number of hydrazine groups is 1. The molecule has 4 aliphatic carbocycles. The zero-order chi connectivity index (χ0) is 39.3. The van der Waals surface area contributed by atoms with E-state index in [0.717, 1.165) is 80.1 Å². The van der Waals surface area contributed by atoms with Crippen LogP contribution in [-0.4, -0.2) is 67.3 Å². The van der Waals surface area contributed by atoms with Gasteiger partial charge in [-0.25, -0.2) is 19.6 Å². The molecule has 4 saturated carbocycles. The third kappa shape index (κ3) is 6.23. The SMILES string of the molecule is COC(=O)c1nc2n(c1-c1nnc(C3CC3)s1)C1CC(C1)c1ccc(Br)cc1-2.COC(=O)c1nc2n(c1C(=O)NNC(=O)C1CC1)C1CC(C1)c1ccc(Br)cc1-2. The standard InChI is InChI=1S/C20H19BrN4O4.C20H17BrN4O2S/c1-29-20(28)15-16(19(27)24-23-18(26)9-2-3-9)25-12-6-10(7-12)13-5-4-11(21)8-14(13)17(25)22-15;1-27-20(26)15-16(19-24-23-18(28-19)9-2-3-9)25-12-6-10(7-12)13-5-4-11(21)8-14(13)17(25)22-15/h4-5,8-10,12H,2-3,6-7H2,1H3,(H,23,26)(H,24,27);4-5,8-10,12H,2-3,6-7H2,1H3. The molecule has 0 radical (unpaired) electrons. The average molecular weight is 917 g/mol. The summed E-state index contributed by atoms with van der Waals surface area (Å²) in [5.74, 6) is 0.941. The molecule has 13 rings (SSSR count). The first-order valence-corrected chi connectivity index (χ1v) is 21.5. The fourth-order valence-electron chi connectivity index (χ4n) is 8.57. The van der Waals surface area contributed by atoms with Crippen LogP contribution in [-0.2, 0) is 14.3 Å². The maximum atomic E-state index is 13.0. The molecule has 4 fully saturated rings. The van der Waals surface area contributed by atoms with E-state index < -0.39 is 17.8 Å². The molecule has 2 amide bonds. The number of hydrogen-bond acceptors (Lipinski definition) is 11. The molecule has 14 nitrogen and oxygen atoms in total. The lowest BCUT2D eigenvalue weighted by Gasteiger charge is -2.35. The maximum absolute atomic E-state index is 13.0. The Kier molecular flexibility index (Phi) is 8.97. The van der Waals surface area contributed by atoms with Crippen molar-refractivity contribution in [2.75, 3.05) is 14.2 Å². The van der Waals surface area contributed by atoms with E-state index in [-0.39, 0.29) is 29.3 Å². The van der Waals surface area contributed by atoms with E-state index in [1.165, 1.54) is 38.2 Å². The summed E-state index contributed by atoms with van der Waals surface area (Å²) in [5.41, 5.74) is 10.6. The quantitative estimate of drug-likeness (QED) is 0.128. The maximum Gasteiger partial charge on any atom is 0.359 e. The topological polar surface area (TPSA) is 172 Å². The molecule has 3 aromatic heterocycles. The van der Waals surface area contributed by atoms with E-state index in [2.05, 4.69) is 86.7 Å². The summed E-state index contributed by atoms with van der Waals surface area (Å²) >= 11 is 8.68. The number of benzene rings is 2. The van der Waals surface area contributed by atoms with E-state index >= 15 is 0 Å². The Morgan fingerprint density at radius 3 is 1.86 bits per heavy atom. The van der Waals surface area contributed by atoms with Crippen LogP contribution in [0, 0.1) is 5.92 Å². The van der Waals surface area contributed by atoms with Gasteiger partial charge < -0.3 is 18.6 Å². The Bertz CT molecular complexity index is 2530. The van der Waals surface area contributed by atoms with Crippen molar-refractivity contribution in [3.05, 3.63) is 78.6 Å². The lowest BCUT2D eigenvalue weighted by Crippen LogP contribution is -2.44. The predicted octanol–water partition coefficient (Wildman–Crippen LogP) is 7.63. The molecular formula is C40H36Br2N8O6S. The highest BCUT2D eigenvalue weighted by molar-refractivity contribution is 9.10. The minimum absolute atomic E-state index is 0.0445. The zero-order valence-electron chi connectivity index (χ0n) is 30.9. The van der Waals surface area contributed by atoms with Crippen molar-refractivity contribution in [2.24, 2.45) is 5.92 Å². The normalized spacial score (nSPS) is 21.6. The number of carbonyl (C=O) groups excluding carboxylic acids is 4. The molecule has 0 saturated heterocycles. The number of esters is 2. The molecule has 2 aromatic carbocycles. The van der Waals surface area contributed by atoms with Crippen LogP contribution in [0.2, 0.25) is 0 Å². The third-order valence-electron chi connectivity index (χ3n) is 12.0. The summed E-state index contributed by atoms with van der Waals surface area (Å²) in [7, 11) is 2.66. The number of hydrogen-bond donors (Lipinski definition) is 2. The van der Waals surface area contributed by atoms with Crippen LogP contribution in [0.25, 0.3) is 33.5 Å². The van der Waals surface area contributed by atoms with Crippen molar-refractivity contribution in [3.63, 3.8) is 0 Å². The van der Waals surface area contributed by atoms with Gasteiger partial charge in [0.25, 0.3) is 5.91 Å². The Hall–Kier alpha value is -4.74. The monoisotopic (exact) mass is 914 g/mol. The number of ether oxygens (including phenoxy) is 2. The number of nitrogens with one attached hydrogen (secondary N) is 2. The highest BCUT2D eigenvalue weighted by atomic mass is 79.9. The van der Waals surface area contributed by atoms with Gasteiger partial charge in [-0.3, -0.25) is 20.4 Å². The molecule has 17 heteroatoms. The number of imidazole rings is 2. The molecule has 4 bridgehead atoms. The molecule has 0 spiro atoms. The van der Waals surface area contributed by atoms with Gasteiger partial charge in [0.1, 0.15) is 28.0 Å². The minimum atomic E-state index is -0.684. The molecule has 4 aliphatic heterocycles. The second kappa shape index (κ2) is 14.0. The number of halogens is 2. The van der Waals surface area contributed by atoms with Crippen molar-refractivity contribution < 1.29 is 28.7 Å². The lowest BCUT2D eigenvalue weighted by atomic mass is 9.75. The van der Waals surface area contributed by atoms with Crippen molar-refractivity contribution in [2.45, 2.75) is 81.2 Å². The van der Waals surface area contributed by atoms with Gasteiger partial charge in [-0.15, -0.1) is 10.2 Å². The van der Waals surface area contributed by atoms with Crippen LogP contribution in [0.1, 0.15) is 129 Å². The Morgan fingerprint density at radius 1 is 0.719 bits per heavy atom. The van der Waals surface area contributed by atoms with E-state index in [4.69, 9.17) is 14.5 Å². The minimum Gasteiger partial charge on any atom is -0.464 e. The van der Waals surface area contributed by atoms with Gasteiger partial charge >= 0.3 is 11.9 Å². The number of methoxy groups -OCH3 is 2. The largest absolute Gasteiger partial charge is 0.464 e. The third-order valence-corrected chi connectivity index (χ3v) is 14.0. The summed E-state index contributed by atoms with van der Waals surface area (Å²) in [6, 6.07) is 12.8. The second-order valence-electron chi connectivity index (χ2n) is 15.5. The average Bonchev–Trinajstić information content (AvgIpc) is 4.11. The highest BCUT2D eigenvalue weighted by Gasteiger charge is 2.44. The highest BCUT2D eigenvalue weighted by Crippen LogP contribution is 2.55. The van der Waals surface area contributed by atoms with Crippen LogP contribution in [0.15, 0.2) is 45.3 Å². The second-order valence-corrected chi connectivity index (χ2v) is 18.4. The summed E-state index contributed by atoms with van der Waals surface area (Å²) in [6.45, 7) is 0. The number of aromatic nitrogens is 6. The van der Waals surface area contributed by atoms with E-state index in [0.29, 0.717) is 35.3 Å². The smallest absolute Gasteiger partial charge is 0.359 e. The zero-order valence-corrected chi connectivity index (χ0v) is 34.9. The fourth-order valence-corrected chi connectivity index (χ4v) is 10.3. The van der Waals surface area contributed by atoms with Crippen molar-refractivity contribution in [1.82, 2.24) is 40.2 Å². The summed E-state index contributed by atoms with van der Waals surface area (Å²) < 4.78 is 15.9. The first-order chi connectivity index (χ1) is 27.6. The van der Waals surface area contributed by atoms with Crippen LogP contribution < -0.4 is 10.9 Å². The van der Waals surface area contributed by atoms with Gasteiger partial charge in [-0.2, -0.15) is 0 Å². The van der Waals surface area contributed by atoms with Crippen molar-refractivity contribution in [1.29, 1.82) is 0 Å². The van der Waals surface area contributed by atoms with E-state index in [9.17, 15) is 19.2 Å². The Morgan fingerprint density at radius 2 is 1.28 bits per heavy atom. The van der Waals surface area contributed by atoms with E-state index in [1.807, 2.05) is 16.7 Å². The Labute approximate surface area is 347 Å². The molecule has 57 heavy (non-hydrogen) atoms. The van der Waals surface area contributed by atoms with Gasteiger partial charge in [0.2, 0.25) is 5.91 Å². The van der Waals surface area contributed by atoms with Crippen LogP contribution >= 0.6 is 43.2 Å². The molecular weight excluding hydrogens is 880 g/mol. The predicted molar refractivity (Wildman–Crippen MR) is 215 cm³/mol. The van der Waals surface area contributed by atoms with Crippen LogP contribution in [0.3, 0.4) is 0 Å². The van der Waals surface area contributed by atoms with Gasteiger partial charge in [0.15, 0.2) is 16.4 Å². The lowest BCUT2D eigenvalue weighted by molar-refractivity contribution is -0.123. The number of nitrogens with zero attached hydrogens (tertiary/aromatic N) is 6. The molecule has 292 valence electrons. The van der Waals surface area contributed by atoms with Crippen LogP contribution in [0.5, 0.6) is 0 Å². The molecule has 0 atom stereocenters. The molecule has 7 heterocycles. The van der Waals surface area contributed by atoms with Gasteiger partial charge in [-0.05, 0) is 98.6 Å². The Balaban J connectivity index is 0.000000139. The van der Waals surface area contributed by atoms with Crippen molar-refractivity contribution >= 4 is 66.9 Å². The van der Waals surface area contributed by atoms with Crippen molar-refractivity contribution in [3.8, 4) is 33.5 Å². The fraction of sp³-hybridized carbons (Fsp3) is 0.400. The van der Waals surface area contributed by atoms with Gasteiger partial charge in [-0.1, -0.05) is 55.3 Å². The van der Waals surface area contributed by atoms with E-state index in [1.54, 1.807) is 11.3 Å². The number of rotatable bonds is 6. The molecule has 2 N–H and O–H groups in total. The first kappa shape index (κ1) is 36.6. The summed E-state index contributed by atoms with van der Waals surface area (Å²) in [6.07, 6.45) is 7.85. The van der Waals surface area contributed by atoms with Gasteiger partial charge in [0.05, 0.1) is 14.2 Å². The number of amides is 2. The number of carbonyl (C=O) groups is 4. The molecule has 5 aromatic rings. The summed E-state index contributed by atoms with van der Waals surface area (Å²) in [5, 5.41) is 10.7. The summed E-state index contributed by atoms with van der Waals surface area (Å²) in [4.78, 5) is 59.3. The first-order valence-electron chi connectivity index (χ1n) is 19.1. The molecule has 8 aliphatic rings. The van der Waals surface area contributed by atoms with Gasteiger partial charge in [0, 0.05) is 44.0 Å².